The highest BCUT2D eigenvalue weighted by Gasteiger charge is 2.63. The van der Waals surface area contributed by atoms with Crippen LogP contribution in [0, 0.1) is 0 Å². The fraction of sp³-hybridized carbons (Fsp3) is 0.391. The summed E-state index contributed by atoms with van der Waals surface area (Å²) in [6, 6.07) is 65.7. The number of methoxy groups -OCH3 is 1. The summed E-state index contributed by atoms with van der Waals surface area (Å²) in [5.41, 5.74) is 7.16. The molecule has 0 unspecified atom stereocenters. The third-order valence-electron chi connectivity index (χ3n) is 21.4. The van der Waals surface area contributed by atoms with E-state index in [1.807, 2.05) is 115 Å². The van der Waals surface area contributed by atoms with Gasteiger partial charge in [-0.15, -0.1) is 23.2 Å². The Hall–Kier alpha value is -10.0. The number of alkyl halides is 5. The maximum atomic E-state index is 15.3. The number of nitrogens with one attached hydrogen (secondary N) is 3. The number of fused-ring (bicyclic) bond motifs is 4. The Kier molecular flexibility index (Phi) is 34.3. The summed E-state index contributed by atoms with van der Waals surface area (Å²) in [6.07, 6.45) is -23.9. The standard InChI is InChI=1S/C92H94Cl5N3O26/c1-109-87(105)91(45-68-74(100-89(107)122-68)80(126-91)78(123-73(102)47-94)70(119-72(101)46-93)55-117-90(108)116-53-67-65-41-23-21-39-63(65)64-40-22-24-42-66(64)67)118-56-71-76(112-49-58-29-11-3-12-30-58)81(114-51-60-33-15-5-16-34-60)82(124-83(103)62-37-19-7-20-38-62)85(121-71)125-77-69(54-110-48-57-27-9-2-10-28-57)120-84(111-44-26-8-25-43-98-88(106)115-52-61-35-17-6-18-36-61)75(99-86(104)92(95,96)97)79(77)113-50-59-31-13-4-14-32-59/h2-7,9-24,27-42,67-71,74-82,84-85H,8,25-26,43-56H2,1H3,(H,98,106)(H,99,104)(H,100,107)/t68-,69+,70+,71+,74+,75+,76-,77+,78+,79+,80+,81-,82+,84+,85-,91+/m0/s1. The van der Waals surface area contributed by atoms with Crippen LogP contribution in [0.4, 0.5) is 14.4 Å². The number of benzene rings is 8. The second-order valence-corrected chi connectivity index (χ2v) is 32.7. The maximum absolute atomic E-state index is 15.3. The lowest BCUT2D eigenvalue weighted by Crippen LogP contribution is -2.69. The molecular weight excluding hydrogens is 1740 g/mol. The molecule has 1 aliphatic carbocycles. The van der Waals surface area contributed by atoms with E-state index in [1.165, 1.54) is 12.1 Å². The number of halogens is 5. The number of unbranched alkanes of at least 4 members (excludes halogenated alkanes) is 2. The molecule has 13 rings (SSSR count). The van der Waals surface area contributed by atoms with Gasteiger partial charge in [0.1, 0.15) is 86.5 Å². The molecule has 16 atom stereocenters. The quantitative estimate of drug-likeness (QED) is 0.0139. The number of esters is 4. The summed E-state index contributed by atoms with van der Waals surface area (Å²) in [7, 11) is 1.01. The lowest BCUT2D eigenvalue weighted by atomic mass is 9.88. The molecule has 4 fully saturated rings. The van der Waals surface area contributed by atoms with Gasteiger partial charge in [-0.25, -0.2) is 24.0 Å². The van der Waals surface area contributed by atoms with Gasteiger partial charge < -0.3 is 101 Å². The molecule has 4 heterocycles. The van der Waals surface area contributed by atoms with Crippen molar-refractivity contribution < 1.29 is 124 Å². The maximum Gasteiger partial charge on any atom is 0.508 e. The van der Waals surface area contributed by atoms with Crippen molar-refractivity contribution in [2.75, 3.05) is 58.4 Å². The van der Waals surface area contributed by atoms with Crippen LogP contribution >= 0.6 is 58.0 Å². The second kappa shape index (κ2) is 46.1. The Balaban J connectivity index is 0.876. The van der Waals surface area contributed by atoms with E-state index in [0.717, 1.165) is 40.5 Å². The van der Waals surface area contributed by atoms with E-state index in [2.05, 4.69) is 16.0 Å². The van der Waals surface area contributed by atoms with Crippen LogP contribution in [0.1, 0.15) is 80.9 Å². The van der Waals surface area contributed by atoms with Crippen molar-refractivity contribution in [1.29, 1.82) is 0 Å². The summed E-state index contributed by atoms with van der Waals surface area (Å²) in [4.78, 5) is 113. The lowest BCUT2D eigenvalue weighted by Gasteiger charge is -2.50. The van der Waals surface area contributed by atoms with Crippen LogP contribution in [0.3, 0.4) is 0 Å². The minimum atomic E-state index is -2.82. The Morgan fingerprint density at radius 1 is 0.540 bits per heavy atom. The Bertz CT molecular complexity index is 4830. The zero-order valence-electron chi connectivity index (χ0n) is 68.2. The van der Waals surface area contributed by atoms with Crippen molar-refractivity contribution in [1.82, 2.24) is 16.0 Å². The van der Waals surface area contributed by atoms with E-state index in [-0.39, 0.29) is 65.0 Å². The topological polar surface area (TPSA) is 339 Å². The highest BCUT2D eigenvalue weighted by atomic mass is 35.6. The number of carbonyl (C=O) groups excluding carboxylic acids is 8. The van der Waals surface area contributed by atoms with Gasteiger partial charge in [-0.3, -0.25) is 14.4 Å². The van der Waals surface area contributed by atoms with Gasteiger partial charge in [0.05, 0.1) is 64.8 Å². The third kappa shape index (κ3) is 25.3. The minimum absolute atomic E-state index is 0.00810. The predicted molar refractivity (Wildman–Crippen MR) is 455 cm³/mol. The summed E-state index contributed by atoms with van der Waals surface area (Å²) < 4.78 is 115. The van der Waals surface area contributed by atoms with Gasteiger partial charge in [0.15, 0.2) is 30.9 Å². The molecule has 5 aliphatic rings. The number of rotatable bonds is 41. The molecule has 668 valence electrons. The average Bonchev–Trinajstić information content (AvgIpc) is 1.39. The van der Waals surface area contributed by atoms with Gasteiger partial charge in [-0.1, -0.05) is 253 Å². The fourth-order valence-electron chi connectivity index (χ4n) is 15.4. The van der Waals surface area contributed by atoms with Gasteiger partial charge in [-0.05, 0) is 81.5 Å². The molecule has 0 bridgehead atoms. The van der Waals surface area contributed by atoms with Gasteiger partial charge in [0.25, 0.3) is 15.5 Å². The Morgan fingerprint density at radius 2 is 1.06 bits per heavy atom. The van der Waals surface area contributed by atoms with Crippen LogP contribution in [0.15, 0.2) is 231 Å². The first-order chi connectivity index (χ1) is 61.2. The van der Waals surface area contributed by atoms with Crippen LogP contribution < -0.4 is 16.0 Å². The van der Waals surface area contributed by atoms with Crippen molar-refractivity contribution in [2.24, 2.45) is 0 Å². The first-order valence-corrected chi connectivity index (χ1v) is 43.1. The molecule has 34 heteroatoms. The number of hydrogen-bond acceptors (Lipinski definition) is 26. The Labute approximate surface area is 751 Å². The third-order valence-corrected chi connectivity index (χ3v) is 22.3. The first kappa shape index (κ1) is 93.6. The molecular formula is C92H94Cl5N3O26. The lowest BCUT2D eigenvalue weighted by molar-refractivity contribution is -0.367. The monoisotopic (exact) mass is 1830 g/mol. The highest BCUT2D eigenvalue weighted by Crippen LogP contribution is 2.46. The van der Waals surface area contributed by atoms with Gasteiger partial charge in [-0.2, -0.15) is 0 Å². The van der Waals surface area contributed by atoms with Crippen LogP contribution in [-0.4, -0.2) is 208 Å². The van der Waals surface area contributed by atoms with Crippen LogP contribution in [0.2, 0.25) is 0 Å². The average molecular weight is 1840 g/mol. The molecule has 0 saturated carbocycles. The van der Waals surface area contributed by atoms with E-state index in [9.17, 15) is 28.8 Å². The number of alkyl carbamates (subject to hydrolysis) is 2. The summed E-state index contributed by atoms with van der Waals surface area (Å²) in [5, 5.41) is 8.25. The molecule has 0 radical (unpaired) electrons. The molecule has 0 spiro atoms. The number of carbonyl (C=O) groups is 8. The molecule has 8 aromatic carbocycles. The van der Waals surface area contributed by atoms with Gasteiger partial charge in [0, 0.05) is 19.1 Å². The zero-order chi connectivity index (χ0) is 88.4. The normalized spacial score (nSPS) is 23.5. The fourth-order valence-corrected chi connectivity index (χ4v) is 15.7. The molecule has 0 aromatic heterocycles. The van der Waals surface area contributed by atoms with E-state index in [1.54, 1.807) is 103 Å². The molecule has 8 aromatic rings. The predicted octanol–water partition coefficient (Wildman–Crippen LogP) is 13.4. The van der Waals surface area contributed by atoms with Crippen molar-refractivity contribution in [2.45, 2.75) is 166 Å². The molecule has 126 heavy (non-hydrogen) atoms. The molecule has 3 amide bonds. The second-order valence-electron chi connectivity index (χ2n) is 29.9. The highest BCUT2D eigenvalue weighted by molar-refractivity contribution is 6.76. The van der Waals surface area contributed by atoms with Crippen LogP contribution in [-0.2, 0) is 137 Å². The largest absolute Gasteiger partial charge is 0.508 e. The van der Waals surface area contributed by atoms with E-state index < -0.39 is 187 Å². The molecule has 3 N–H and O–H groups in total. The van der Waals surface area contributed by atoms with Gasteiger partial charge >= 0.3 is 42.2 Å². The van der Waals surface area contributed by atoms with E-state index >= 15 is 9.59 Å². The van der Waals surface area contributed by atoms with E-state index in [4.69, 9.17) is 143 Å². The van der Waals surface area contributed by atoms with Crippen molar-refractivity contribution >= 4 is 106 Å². The number of hydrogen-bond donors (Lipinski definition) is 3. The van der Waals surface area contributed by atoms with Crippen molar-refractivity contribution in [3.63, 3.8) is 0 Å². The summed E-state index contributed by atoms with van der Waals surface area (Å²) >= 11 is 31.7. The van der Waals surface area contributed by atoms with Crippen molar-refractivity contribution in [3.8, 4) is 11.1 Å². The smallest absolute Gasteiger partial charge is 0.465 e. The molecule has 4 aliphatic heterocycles. The number of ether oxygens (including phenoxy) is 18. The Morgan fingerprint density at radius 3 is 1.64 bits per heavy atom. The summed E-state index contributed by atoms with van der Waals surface area (Å²) in [5.74, 6) is -10.5. The molecule has 29 nitrogen and oxygen atoms in total. The van der Waals surface area contributed by atoms with Crippen LogP contribution in [0.25, 0.3) is 11.1 Å². The first-order valence-electron chi connectivity index (χ1n) is 40.9. The van der Waals surface area contributed by atoms with Crippen molar-refractivity contribution in [3.05, 3.63) is 275 Å². The molecule has 4 saturated heterocycles. The van der Waals surface area contributed by atoms with Gasteiger partial charge in [0.2, 0.25) is 0 Å². The van der Waals surface area contributed by atoms with E-state index in [0.29, 0.717) is 36.0 Å². The SMILES string of the molecule is COC(=O)[C@@]1(OC[C@H]2O[C@@H](O[C@H]3[C@H](OCc4ccccc4)[C@@H](NC(=O)C(Cl)(Cl)Cl)[C@H](OCCCCCNC(=O)OCc4ccccc4)O[C@@H]3COCc3ccccc3)[C@H](OC(=O)c3ccccc3)[C@@H](OCc3ccccc3)[C@H]2OCc2ccccc2)C[C@@H]2OC(=O)N[C@H]2[C@H]([C@H](OC(=O)CCl)[C@@H](COC(=O)OCC2c3ccccc3-c3ccccc32)OC(=O)CCl)O1. The zero-order valence-corrected chi connectivity index (χ0v) is 72.0. The minimum Gasteiger partial charge on any atom is -0.465 e. The summed E-state index contributed by atoms with van der Waals surface area (Å²) in [6.45, 7) is -2.66. The van der Waals surface area contributed by atoms with Crippen LogP contribution in [0.5, 0.6) is 0 Å². The number of amides is 3.